The molecule has 1 N–H and O–H groups in total. The fourth-order valence-corrected chi connectivity index (χ4v) is 2.50. The molecule has 0 saturated heterocycles. The molecule has 1 unspecified atom stereocenters. The molecule has 1 aromatic carbocycles. The molecule has 21 heavy (non-hydrogen) atoms. The normalized spacial score (nSPS) is 11.3. The van der Waals surface area contributed by atoms with Crippen LogP contribution in [0.5, 0.6) is 0 Å². The van der Waals surface area contributed by atoms with E-state index in [1.165, 1.54) is 30.9 Å². The van der Waals surface area contributed by atoms with E-state index in [0.717, 1.165) is 19.3 Å². The highest BCUT2D eigenvalue weighted by atomic mass is 31.2. The van der Waals surface area contributed by atoms with Gasteiger partial charge in [-0.3, -0.25) is 4.57 Å². The van der Waals surface area contributed by atoms with Gasteiger partial charge in [-0.05, 0) is 37.1 Å². The van der Waals surface area contributed by atoms with E-state index in [9.17, 15) is 4.57 Å². The number of aryl methyl sites for hydroxylation is 1. The van der Waals surface area contributed by atoms with Crippen molar-refractivity contribution in [3.63, 3.8) is 0 Å². The third-order valence-corrected chi connectivity index (χ3v) is 4.59. The molecule has 0 radical (unpaired) electrons. The fraction of sp³-hybridized carbons (Fsp3) is 0.467. The van der Waals surface area contributed by atoms with Gasteiger partial charge in [-0.15, -0.1) is 9.24 Å². The van der Waals surface area contributed by atoms with Crippen molar-refractivity contribution in [3.05, 3.63) is 41.7 Å². The van der Waals surface area contributed by atoms with E-state index in [0.29, 0.717) is 0 Å². The van der Waals surface area contributed by atoms with Crippen molar-refractivity contribution >= 4 is 22.1 Å². The van der Waals surface area contributed by atoms with Crippen molar-refractivity contribution in [1.82, 2.24) is 0 Å². The Labute approximate surface area is 130 Å². The van der Waals surface area contributed by atoms with Gasteiger partial charge >= 0.3 is 7.60 Å². The lowest BCUT2D eigenvalue weighted by molar-refractivity contribution is 0.286. The van der Waals surface area contributed by atoms with Crippen molar-refractivity contribution in [3.8, 4) is 0 Å². The zero-order valence-corrected chi connectivity index (χ0v) is 15.0. The summed E-state index contributed by atoms with van der Waals surface area (Å²) in [6, 6.07) is 8.42. The van der Waals surface area contributed by atoms with Crippen molar-refractivity contribution < 1.29 is 18.7 Å². The maximum absolute atomic E-state index is 11.7. The number of hydrogen-bond acceptors (Lipinski definition) is 4. The molecule has 6 heteroatoms. The lowest BCUT2D eigenvalue weighted by Gasteiger charge is -2.07. The van der Waals surface area contributed by atoms with Gasteiger partial charge in [0.2, 0.25) is 0 Å². The molecule has 0 aliphatic heterocycles. The molecule has 1 atom stereocenters. The number of hydrogen-bond donors (Lipinski definition) is 1. The third-order valence-electron chi connectivity index (χ3n) is 2.61. The van der Waals surface area contributed by atoms with Gasteiger partial charge in [-0.2, -0.15) is 0 Å². The third kappa shape index (κ3) is 9.95. The second kappa shape index (κ2) is 12.1. The van der Waals surface area contributed by atoms with Gasteiger partial charge in [0, 0.05) is 26.6 Å². The summed E-state index contributed by atoms with van der Waals surface area (Å²) >= 11 is 0. The Morgan fingerprint density at radius 2 is 1.76 bits per heavy atom. The Balaban J connectivity index is 0.00000122. The summed E-state index contributed by atoms with van der Waals surface area (Å²) in [5, 5.41) is 8.76. The van der Waals surface area contributed by atoms with Crippen LogP contribution in [0.4, 0.5) is 0 Å². The SMILES string of the molecule is CCO.COP(=O)(/C=C/CCCc1ccc(P)cc1)OC. The molecule has 120 valence electrons. The number of aliphatic hydroxyl groups excluding tert-OH is 1. The first-order valence-corrected chi connectivity index (χ1v) is 9.04. The van der Waals surface area contributed by atoms with Gasteiger partial charge in [0.25, 0.3) is 0 Å². The topological polar surface area (TPSA) is 55.8 Å². The second-order valence-electron chi connectivity index (χ2n) is 4.24. The zero-order valence-electron chi connectivity index (χ0n) is 13.0. The maximum atomic E-state index is 11.7. The maximum Gasteiger partial charge on any atom is 0.353 e. The molecule has 1 rings (SSSR count). The Bertz CT molecular complexity index is 435. The van der Waals surface area contributed by atoms with Crippen LogP contribution in [-0.4, -0.2) is 25.9 Å². The standard InChI is InChI=1S/C13H20O3P2.C2H6O/c1-15-18(14,16-2)11-5-3-4-6-12-7-9-13(17)10-8-12;1-2-3/h5,7-11H,3-4,6,17H2,1-2H3;3H,2H2,1H3/b11-5+;. The summed E-state index contributed by atoms with van der Waals surface area (Å²) in [6.45, 7) is 1.93. The van der Waals surface area contributed by atoms with Crippen LogP contribution in [0.3, 0.4) is 0 Å². The fourth-order valence-electron chi connectivity index (χ4n) is 1.51. The van der Waals surface area contributed by atoms with Gasteiger partial charge < -0.3 is 14.2 Å². The molecule has 0 aliphatic carbocycles. The molecule has 0 bridgehead atoms. The van der Waals surface area contributed by atoms with Gasteiger partial charge in [-0.25, -0.2) is 0 Å². The molecular weight excluding hydrogens is 306 g/mol. The highest BCUT2D eigenvalue weighted by molar-refractivity contribution is 7.57. The van der Waals surface area contributed by atoms with Crippen LogP contribution in [0.2, 0.25) is 0 Å². The average molecular weight is 332 g/mol. The molecular formula is C15H26O4P2. The molecule has 0 spiro atoms. The van der Waals surface area contributed by atoms with E-state index in [2.05, 4.69) is 33.5 Å². The first-order chi connectivity index (χ1) is 10.0. The number of rotatable bonds is 7. The van der Waals surface area contributed by atoms with Gasteiger partial charge in [0.15, 0.2) is 0 Å². The molecule has 4 nitrogen and oxygen atoms in total. The minimum absolute atomic E-state index is 0.250. The summed E-state index contributed by atoms with van der Waals surface area (Å²) in [4.78, 5) is 0. The Morgan fingerprint density at radius 1 is 1.24 bits per heavy atom. The van der Waals surface area contributed by atoms with Gasteiger partial charge in [-0.1, -0.05) is 30.3 Å². The largest absolute Gasteiger partial charge is 0.397 e. The molecule has 0 aliphatic rings. The van der Waals surface area contributed by atoms with Crippen molar-refractivity contribution in [2.24, 2.45) is 0 Å². The van der Waals surface area contributed by atoms with E-state index in [-0.39, 0.29) is 6.61 Å². The highest BCUT2D eigenvalue weighted by Gasteiger charge is 2.14. The highest BCUT2D eigenvalue weighted by Crippen LogP contribution is 2.47. The second-order valence-corrected chi connectivity index (χ2v) is 7.01. The lowest BCUT2D eigenvalue weighted by atomic mass is 10.1. The van der Waals surface area contributed by atoms with Crippen LogP contribution in [-0.2, 0) is 20.0 Å². The van der Waals surface area contributed by atoms with Crippen LogP contribution in [0.1, 0.15) is 25.3 Å². The molecule has 0 fully saturated rings. The van der Waals surface area contributed by atoms with E-state index in [1.807, 2.05) is 6.08 Å². The Morgan fingerprint density at radius 3 is 2.24 bits per heavy atom. The quantitative estimate of drug-likeness (QED) is 0.613. The zero-order chi connectivity index (χ0) is 16.1. The van der Waals surface area contributed by atoms with Crippen LogP contribution >= 0.6 is 16.8 Å². The van der Waals surface area contributed by atoms with Crippen LogP contribution in [0, 0.1) is 0 Å². The number of aliphatic hydroxyl groups is 1. The van der Waals surface area contributed by atoms with E-state index < -0.39 is 7.60 Å². The van der Waals surface area contributed by atoms with E-state index in [1.54, 1.807) is 6.92 Å². The first-order valence-electron chi connectivity index (χ1n) is 6.85. The molecule has 0 amide bonds. The summed E-state index contributed by atoms with van der Waals surface area (Å²) in [5.41, 5.74) is 1.32. The summed E-state index contributed by atoms with van der Waals surface area (Å²) in [5.74, 6) is 1.53. The number of benzene rings is 1. The van der Waals surface area contributed by atoms with Gasteiger partial charge in [0.05, 0.1) is 0 Å². The monoisotopic (exact) mass is 332 g/mol. The van der Waals surface area contributed by atoms with Crippen LogP contribution < -0.4 is 5.30 Å². The van der Waals surface area contributed by atoms with Gasteiger partial charge in [0.1, 0.15) is 0 Å². The Kier molecular flexibility index (Phi) is 11.8. The summed E-state index contributed by atoms with van der Waals surface area (Å²) in [7, 11) is 2.46. The minimum Gasteiger partial charge on any atom is -0.397 e. The predicted octanol–water partition coefficient (Wildman–Crippen LogP) is 3.51. The van der Waals surface area contributed by atoms with Crippen molar-refractivity contribution in [2.75, 3.05) is 20.8 Å². The average Bonchev–Trinajstić information content (AvgIpc) is 2.49. The Hall–Kier alpha value is -0.500. The first kappa shape index (κ1) is 20.5. The molecule has 0 aromatic heterocycles. The van der Waals surface area contributed by atoms with E-state index >= 15 is 0 Å². The van der Waals surface area contributed by atoms with E-state index in [4.69, 9.17) is 14.2 Å². The lowest BCUT2D eigenvalue weighted by Crippen LogP contribution is -1.91. The molecule has 0 saturated carbocycles. The van der Waals surface area contributed by atoms with Crippen molar-refractivity contribution in [1.29, 1.82) is 0 Å². The minimum atomic E-state index is -2.98. The summed E-state index contributed by atoms with van der Waals surface area (Å²) < 4.78 is 21.3. The summed E-state index contributed by atoms with van der Waals surface area (Å²) in [6.07, 6.45) is 4.75. The van der Waals surface area contributed by atoms with Crippen molar-refractivity contribution in [2.45, 2.75) is 26.2 Å². The van der Waals surface area contributed by atoms with Crippen LogP contribution in [0.25, 0.3) is 0 Å². The molecule has 1 aromatic rings. The number of allylic oxidation sites excluding steroid dienone is 1. The van der Waals surface area contributed by atoms with Crippen LogP contribution in [0.15, 0.2) is 36.2 Å². The smallest absolute Gasteiger partial charge is 0.353 e. The number of unbranched alkanes of at least 4 members (excludes halogenated alkanes) is 1. The predicted molar refractivity (Wildman–Crippen MR) is 92.2 cm³/mol. The molecule has 0 heterocycles.